The van der Waals surface area contributed by atoms with Crippen molar-refractivity contribution in [1.29, 1.82) is 0 Å². The summed E-state index contributed by atoms with van der Waals surface area (Å²) in [7, 11) is 3.97. The van der Waals surface area contributed by atoms with Crippen LogP contribution in [0.25, 0.3) is 0 Å². The Balaban J connectivity index is 2.35. The molecule has 0 saturated carbocycles. The minimum absolute atomic E-state index is 0.620. The van der Waals surface area contributed by atoms with E-state index in [4.69, 9.17) is 0 Å². The number of nitrogens with zero attached hydrogens (tertiary/aromatic N) is 3. The van der Waals surface area contributed by atoms with Crippen LogP contribution in [0.5, 0.6) is 0 Å². The van der Waals surface area contributed by atoms with Gasteiger partial charge in [-0.05, 0) is 26.3 Å². The molecular weight excluding hydrogens is 176 g/mol. The predicted octanol–water partition coefficient (Wildman–Crippen LogP) is 1.14. The molecule has 0 fully saturated rings. The van der Waals surface area contributed by atoms with Crippen molar-refractivity contribution in [3.8, 4) is 0 Å². The zero-order valence-corrected chi connectivity index (χ0v) is 9.32. The van der Waals surface area contributed by atoms with Gasteiger partial charge in [-0.25, -0.2) is 0 Å². The Bertz CT molecular complexity index is 256. The van der Waals surface area contributed by atoms with Crippen LogP contribution in [0.1, 0.15) is 31.9 Å². The van der Waals surface area contributed by atoms with Crippen LogP contribution in [0.4, 0.5) is 0 Å². The summed E-state index contributed by atoms with van der Waals surface area (Å²) >= 11 is 0. The first-order valence-electron chi connectivity index (χ1n) is 5.28. The average Bonchev–Trinajstić information content (AvgIpc) is 2.59. The Kier molecular flexibility index (Phi) is 4.59. The number of hydrogen-bond acceptors (Lipinski definition) is 3. The summed E-state index contributed by atoms with van der Waals surface area (Å²) in [5.74, 6) is 0. The molecular formula is C10H20N4. The maximum Gasteiger partial charge on any atom is 0.0724 e. The smallest absolute Gasteiger partial charge is 0.0724 e. The average molecular weight is 196 g/mol. The molecule has 0 aliphatic carbocycles. The van der Waals surface area contributed by atoms with Crippen LogP contribution >= 0.6 is 0 Å². The summed E-state index contributed by atoms with van der Waals surface area (Å²) in [4.78, 5) is 0. The van der Waals surface area contributed by atoms with Gasteiger partial charge in [0.05, 0.1) is 11.9 Å². The Morgan fingerprint density at radius 1 is 1.50 bits per heavy atom. The van der Waals surface area contributed by atoms with Crippen LogP contribution in [0.3, 0.4) is 0 Å². The van der Waals surface area contributed by atoms with Gasteiger partial charge in [-0.3, -0.25) is 4.68 Å². The van der Waals surface area contributed by atoms with E-state index in [0.29, 0.717) is 6.04 Å². The third kappa shape index (κ3) is 3.10. The van der Waals surface area contributed by atoms with E-state index >= 15 is 0 Å². The summed E-state index contributed by atoms with van der Waals surface area (Å²) in [6, 6.07) is 0.620. The molecule has 0 bridgehead atoms. The lowest BCUT2D eigenvalue weighted by Crippen LogP contribution is -2.25. The molecule has 1 unspecified atom stereocenters. The molecule has 0 spiro atoms. The van der Waals surface area contributed by atoms with Gasteiger partial charge < -0.3 is 5.32 Å². The van der Waals surface area contributed by atoms with Crippen LogP contribution in [0.2, 0.25) is 0 Å². The summed E-state index contributed by atoms with van der Waals surface area (Å²) in [6.45, 7) is 2.22. The van der Waals surface area contributed by atoms with E-state index in [1.54, 1.807) is 0 Å². The molecule has 0 aromatic carbocycles. The summed E-state index contributed by atoms with van der Waals surface area (Å²) in [5.41, 5.74) is 1.21. The predicted molar refractivity (Wildman–Crippen MR) is 57.1 cm³/mol. The van der Waals surface area contributed by atoms with Crippen molar-refractivity contribution < 1.29 is 0 Å². The Hall–Kier alpha value is -0.900. The normalized spacial score (nSPS) is 13.1. The van der Waals surface area contributed by atoms with Crippen LogP contribution in [-0.4, -0.2) is 28.1 Å². The maximum absolute atomic E-state index is 3.91. The van der Waals surface area contributed by atoms with Crippen molar-refractivity contribution in [3.63, 3.8) is 0 Å². The number of nitrogens with one attached hydrogen (secondary N) is 1. The molecule has 1 aromatic rings. The molecule has 14 heavy (non-hydrogen) atoms. The largest absolute Gasteiger partial charge is 0.317 e. The Morgan fingerprint density at radius 3 is 2.79 bits per heavy atom. The van der Waals surface area contributed by atoms with Crippen LogP contribution in [-0.2, 0) is 13.5 Å². The molecule has 1 rings (SSSR count). The van der Waals surface area contributed by atoms with Gasteiger partial charge in [0.15, 0.2) is 0 Å². The highest BCUT2D eigenvalue weighted by Crippen LogP contribution is 2.06. The van der Waals surface area contributed by atoms with E-state index in [1.165, 1.54) is 18.5 Å². The molecule has 0 amide bonds. The fraction of sp³-hybridized carbons (Fsp3) is 0.800. The summed E-state index contributed by atoms with van der Waals surface area (Å²) in [5, 5.41) is 11.1. The van der Waals surface area contributed by atoms with Crippen molar-refractivity contribution in [2.24, 2.45) is 7.05 Å². The number of aromatic nitrogens is 3. The minimum atomic E-state index is 0.620. The zero-order valence-electron chi connectivity index (χ0n) is 9.32. The fourth-order valence-electron chi connectivity index (χ4n) is 1.64. The molecule has 0 aliphatic rings. The van der Waals surface area contributed by atoms with Gasteiger partial charge in [-0.1, -0.05) is 18.6 Å². The number of aryl methyl sites for hydroxylation is 2. The van der Waals surface area contributed by atoms with Crippen molar-refractivity contribution in [1.82, 2.24) is 20.3 Å². The zero-order chi connectivity index (χ0) is 10.4. The second-order valence-electron chi connectivity index (χ2n) is 3.66. The molecule has 1 aromatic heterocycles. The van der Waals surface area contributed by atoms with Gasteiger partial charge in [-0.2, -0.15) is 0 Å². The lowest BCUT2D eigenvalue weighted by molar-refractivity contribution is 0.477. The van der Waals surface area contributed by atoms with E-state index in [0.717, 1.165) is 12.8 Å². The lowest BCUT2D eigenvalue weighted by Gasteiger charge is -2.14. The van der Waals surface area contributed by atoms with Crippen molar-refractivity contribution >= 4 is 0 Å². The molecule has 0 saturated heterocycles. The number of hydrogen-bond donors (Lipinski definition) is 1. The second-order valence-corrected chi connectivity index (χ2v) is 3.66. The Labute approximate surface area is 85.7 Å². The molecule has 1 N–H and O–H groups in total. The topological polar surface area (TPSA) is 42.7 Å². The SMILES string of the molecule is CCCC(CCc1cnnn1C)NC. The van der Waals surface area contributed by atoms with Gasteiger partial charge >= 0.3 is 0 Å². The highest BCUT2D eigenvalue weighted by Gasteiger charge is 2.06. The van der Waals surface area contributed by atoms with Crippen LogP contribution in [0.15, 0.2) is 6.20 Å². The van der Waals surface area contributed by atoms with Gasteiger partial charge in [0.2, 0.25) is 0 Å². The van der Waals surface area contributed by atoms with E-state index in [9.17, 15) is 0 Å². The monoisotopic (exact) mass is 196 g/mol. The molecule has 80 valence electrons. The quantitative estimate of drug-likeness (QED) is 0.742. The van der Waals surface area contributed by atoms with Gasteiger partial charge in [-0.15, -0.1) is 5.10 Å². The first-order chi connectivity index (χ1) is 6.77. The number of rotatable bonds is 6. The van der Waals surface area contributed by atoms with Crippen LogP contribution < -0.4 is 5.32 Å². The van der Waals surface area contributed by atoms with Crippen molar-refractivity contribution in [2.75, 3.05) is 7.05 Å². The van der Waals surface area contributed by atoms with Gasteiger partial charge in [0.25, 0.3) is 0 Å². The van der Waals surface area contributed by atoms with E-state index in [-0.39, 0.29) is 0 Å². The van der Waals surface area contributed by atoms with Gasteiger partial charge in [0.1, 0.15) is 0 Å². The molecule has 1 atom stereocenters. The Morgan fingerprint density at radius 2 is 2.29 bits per heavy atom. The van der Waals surface area contributed by atoms with Crippen molar-refractivity contribution in [2.45, 2.75) is 38.6 Å². The van der Waals surface area contributed by atoms with E-state index in [2.05, 4.69) is 22.6 Å². The van der Waals surface area contributed by atoms with Crippen molar-refractivity contribution in [3.05, 3.63) is 11.9 Å². The standard InChI is InChI=1S/C10H20N4/c1-4-5-9(11-2)6-7-10-8-12-13-14(10)3/h8-9,11H,4-7H2,1-3H3. The third-order valence-corrected chi connectivity index (χ3v) is 2.60. The first-order valence-corrected chi connectivity index (χ1v) is 5.28. The molecule has 4 heteroatoms. The van der Waals surface area contributed by atoms with E-state index in [1.807, 2.05) is 25.0 Å². The van der Waals surface area contributed by atoms with Crippen LogP contribution in [0, 0.1) is 0 Å². The van der Waals surface area contributed by atoms with Gasteiger partial charge in [0, 0.05) is 13.1 Å². The first kappa shape index (κ1) is 11.2. The highest BCUT2D eigenvalue weighted by molar-refractivity contribution is 4.93. The summed E-state index contributed by atoms with van der Waals surface area (Å²) < 4.78 is 1.85. The molecule has 4 nitrogen and oxygen atoms in total. The second kappa shape index (κ2) is 5.75. The summed E-state index contributed by atoms with van der Waals surface area (Å²) in [6.07, 6.45) is 6.52. The molecule has 0 radical (unpaired) electrons. The third-order valence-electron chi connectivity index (χ3n) is 2.60. The molecule has 0 aliphatic heterocycles. The van der Waals surface area contributed by atoms with E-state index < -0.39 is 0 Å². The lowest BCUT2D eigenvalue weighted by atomic mass is 10.1. The minimum Gasteiger partial charge on any atom is -0.317 e. The fourth-order valence-corrected chi connectivity index (χ4v) is 1.64. The molecule has 1 heterocycles. The maximum atomic E-state index is 3.91. The highest BCUT2D eigenvalue weighted by atomic mass is 15.4.